The van der Waals surface area contributed by atoms with Crippen molar-refractivity contribution in [2.24, 2.45) is 0 Å². The van der Waals surface area contributed by atoms with Crippen molar-refractivity contribution in [1.82, 2.24) is 15.1 Å². The number of ether oxygens (including phenoxy) is 2. The van der Waals surface area contributed by atoms with E-state index >= 15 is 0 Å². The number of rotatable bonds is 6. The Labute approximate surface area is 228 Å². The van der Waals surface area contributed by atoms with Crippen molar-refractivity contribution in [3.63, 3.8) is 0 Å². The molecule has 13 heteroatoms. The minimum atomic E-state index is -1.82. The van der Waals surface area contributed by atoms with Gasteiger partial charge in [0.2, 0.25) is 11.8 Å². The normalized spacial score (nSPS) is 24.6. The lowest BCUT2D eigenvalue weighted by Crippen LogP contribution is -2.73. The Morgan fingerprint density at radius 1 is 1.03 bits per heavy atom. The molecule has 3 aliphatic heterocycles. The summed E-state index contributed by atoms with van der Waals surface area (Å²) in [6, 6.07) is 11.5. The number of nitrogens with zero attached hydrogens (tertiary/aromatic N) is 2. The number of amides is 3. The van der Waals surface area contributed by atoms with Gasteiger partial charge in [-0.3, -0.25) is 19.7 Å². The van der Waals surface area contributed by atoms with Gasteiger partial charge in [-0.1, -0.05) is 30.3 Å². The monoisotopic (exact) mass is 499 g/mol. The van der Waals surface area contributed by atoms with E-state index < -0.39 is 28.7 Å². The summed E-state index contributed by atoms with van der Waals surface area (Å²) in [6.45, 7) is 1.10. The van der Waals surface area contributed by atoms with Crippen LogP contribution in [-0.4, -0.2) is 96.1 Å². The molecule has 2 unspecified atom stereocenters. The summed E-state index contributed by atoms with van der Waals surface area (Å²) in [5.41, 5.74) is 3.02. The molecule has 0 bridgehead atoms. The van der Waals surface area contributed by atoms with Crippen LogP contribution in [0.15, 0.2) is 42.5 Å². The number of hydrogen-bond donors (Lipinski definition) is 1. The summed E-state index contributed by atoms with van der Waals surface area (Å²) in [5, 5.41) is -1.13. The number of nitrogens with one attached hydrogen (secondary N) is 1. The molecule has 0 saturated carbocycles. The number of imide groups is 1. The number of piperidine rings is 1. The molecule has 0 spiro atoms. The van der Waals surface area contributed by atoms with Crippen LogP contribution >= 0.6 is 0 Å². The Morgan fingerprint density at radius 2 is 1.74 bits per heavy atom. The van der Waals surface area contributed by atoms with Gasteiger partial charge in [-0.25, -0.2) is 0 Å². The lowest BCUT2D eigenvalue weighted by Gasteiger charge is -2.57. The van der Waals surface area contributed by atoms with Gasteiger partial charge in [0.15, 0.2) is 0 Å². The van der Waals surface area contributed by atoms with Crippen molar-refractivity contribution < 1.29 is 23.9 Å². The summed E-state index contributed by atoms with van der Waals surface area (Å²) >= 11 is 0. The number of carbonyl (C=O) groups excluding carboxylic acids is 3. The fourth-order valence-electron chi connectivity index (χ4n) is 5.01. The molecule has 2 fully saturated rings. The van der Waals surface area contributed by atoms with E-state index in [-0.39, 0.29) is 37.9 Å². The average molecular weight is 499 g/mol. The van der Waals surface area contributed by atoms with Gasteiger partial charge in [0.1, 0.15) is 26.2 Å². The van der Waals surface area contributed by atoms with Crippen LogP contribution < -0.4 is 10.1 Å². The summed E-state index contributed by atoms with van der Waals surface area (Å²) < 4.78 is 11.4. The lowest BCUT2D eigenvalue weighted by atomic mass is 9.38. The zero-order valence-corrected chi connectivity index (χ0v) is 20.8. The molecular weight excluding hydrogens is 476 g/mol. The van der Waals surface area contributed by atoms with E-state index in [0.717, 1.165) is 16.7 Å². The Balaban J connectivity index is 1.24. The van der Waals surface area contributed by atoms with Crippen molar-refractivity contribution in [2.75, 3.05) is 6.54 Å². The Hall–Kier alpha value is -2.91. The van der Waals surface area contributed by atoms with E-state index in [1.807, 2.05) is 24.3 Å². The molecule has 10 radical (unpaired) electrons. The SMILES string of the molecule is [B]C1CN(Cc2ccc(COc3cccc4c3CN(C3CCC(=O)NC3=O)C4=O)cc2)C([B])([B])C([B])([B])O1. The zero-order valence-electron chi connectivity index (χ0n) is 20.8. The predicted molar refractivity (Wildman–Crippen MR) is 143 cm³/mol. The van der Waals surface area contributed by atoms with Crippen LogP contribution in [0.2, 0.25) is 0 Å². The molecule has 3 amide bonds. The Bertz CT molecular complexity index is 1270. The van der Waals surface area contributed by atoms with E-state index in [1.165, 1.54) is 4.90 Å². The fourth-order valence-corrected chi connectivity index (χ4v) is 5.01. The Morgan fingerprint density at radius 3 is 2.45 bits per heavy atom. The molecule has 1 N–H and O–H groups in total. The van der Waals surface area contributed by atoms with Gasteiger partial charge in [0, 0.05) is 36.6 Å². The van der Waals surface area contributed by atoms with Crippen LogP contribution in [0.5, 0.6) is 5.75 Å². The molecule has 3 heterocycles. The maximum Gasteiger partial charge on any atom is 0.255 e. The minimum Gasteiger partial charge on any atom is -0.489 e. The minimum absolute atomic E-state index is 0.199. The van der Waals surface area contributed by atoms with Gasteiger partial charge >= 0.3 is 0 Å². The number of carbonyl (C=O) groups is 3. The van der Waals surface area contributed by atoms with Gasteiger partial charge < -0.3 is 19.3 Å². The second-order valence-corrected chi connectivity index (χ2v) is 9.94. The molecule has 2 aromatic rings. The van der Waals surface area contributed by atoms with Gasteiger partial charge in [0.25, 0.3) is 5.91 Å². The standard InChI is InChI=1S/C25H22B5N3O5/c26-20-12-32(24(27,28)25(29,30)38-20)10-14-4-6-15(7-5-14)13-37-19-3-1-2-16-17(19)11-33(23(16)36)18-8-9-21(34)31-22(18)35/h1-7,18,20H,8-13H2,(H,31,34,35). The first-order chi connectivity index (χ1) is 18.0. The number of hydrogen-bond acceptors (Lipinski definition) is 6. The fraction of sp³-hybridized carbons (Fsp3) is 0.400. The van der Waals surface area contributed by atoms with Crippen molar-refractivity contribution in [1.29, 1.82) is 0 Å². The van der Waals surface area contributed by atoms with Crippen LogP contribution in [0, 0.1) is 0 Å². The molecule has 2 aromatic carbocycles. The predicted octanol–water partition coefficient (Wildman–Crippen LogP) is -0.665. The molecule has 0 aromatic heterocycles. The van der Waals surface area contributed by atoms with Crippen LogP contribution in [0.1, 0.15) is 39.9 Å². The molecule has 3 aliphatic rings. The van der Waals surface area contributed by atoms with E-state index in [9.17, 15) is 14.4 Å². The maximum absolute atomic E-state index is 13.0. The lowest BCUT2D eigenvalue weighted by molar-refractivity contribution is -0.136. The van der Waals surface area contributed by atoms with Gasteiger partial charge in [-0.05, 0) is 40.4 Å². The third-order valence-electron chi connectivity index (χ3n) is 7.23. The highest BCUT2D eigenvalue weighted by Gasteiger charge is 2.45. The number of benzene rings is 2. The number of morpholine rings is 1. The third kappa shape index (κ3) is 4.94. The second-order valence-electron chi connectivity index (χ2n) is 9.94. The second kappa shape index (κ2) is 10.0. The van der Waals surface area contributed by atoms with Crippen LogP contribution in [0.3, 0.4) is 0 Å². The van der Waals surface area contributed by atoms with Gasteiger partial charge in [0.05, 0.1) is 37.9 Å². The topological polar surface area (TPSA) is 88.2 Å². The molecular formula is C25H22B5N3O5. The largest absolute Gasteiger partial charge is 0.489 e. The van der Waals surface area contributed by atoms with E-state index in [1.54, 1.807) is 23.1 Å². The summed E-state index contributed by atoms with van der Waals surface area (Å²) in [6.07, 6.45) is 0.501. The molecule has 5 rings (SSSR count). The molecule has 2 atom stereocenters. The highest BCUT2D eigenvalue weighted by atomic mass is 16.5. The van der Waals surface area contributed by atoms with Gasteiger partial charge in [-0.15, -0.1) is 0 Å². The van der Waals surface area contributed by atoms with Crippen molar-refractivity contribution in [3.8, 4) is 5.75 Å². The quantitative estimate of drug-likeness (QED) is 0.420. The maximum atomic E-state index is 13.0. The van der Waals surface area contributed by atoms with E-state index in [2.05, 4.69) is 5.32 Å². The first-order valence-corrected chi connectivity index (χ1v) is 12.3. The van der Waals surface area contributed by atoms with Crippen LogP contribution in [0.4, 0.5) is 0 Å². The highest BCUT2D eigenvalue weighted by molar-refractivity contribution is 6.54. The molecule has 0 aliphatic carbocycles. The van der Waals surface area contributed by atoms with E-state index in [0.29, 0.717) is 24.3 Å². The van der Waals surface area contributed by atoms with Crippen LogP contribution in [-0.2, 0) is 34.0 Å². The average Bonchev–Trinajstić information content (AvgIpc) is 3.18. The van der Waals surface area contributed by atoms with Crippen molar-refractivity contribution in [3.05, 3.63) is 64.7 Å². The smallest absolute Gasteiger partial charge is 0.255 e. The van der Waals surface area contributed by atoms with Crippen molar-refractivity contribution in [2.45, 2.75) is 55.3 Å². The molecule has 8 nitrogen and oxygen atoms in total. The first-order valence-electron chi connectivity index (χ1n) is 12.3. The Kier molecular flexibility index (Phi) is 7.03. The zero-order chi connectivity index (χ0) is 27.2. The molecule has 182 valence electrons. The highest BCUT2D eigenvalue weighted by Crippen LogP contribution is 2.34. The summed E-state index contributed by atoms with van der Waals surface area (Å²) in [4.78, 5) is 40.0. The van der Waals surface area contributed by atoms with E-state index in [4.69, 9.17) is 48.7 Å². The van der Waals surface area contributed by atoms with Gasteiger partial charge in [-0.2, -0.15) is 0 Å². The molecule has 2 saturated heterocycles. The third-order valence-corrected chi connectivity index (χ3v) is 7.23. The molecule has 38 heavy (non-hydrogen) atoms. The first kappa shape index (κ1) is 26.7. The van der Waals surface area contributed by atoms with Crippen LogP contribution in [0.25, 0.3) is 0 Å². The van der Waals surface area contributed by atoms with Crippen molar-refractivity contribution >= 4 is 57.0 Å². The summed E-state index contributed by atoms with van der Waals surface area (Å²) in [5.74, 6) is -0.456. The summed E-state index contributed by atoms with van der Waals surface area (Å²) in [7, 11) is 30.1. The number of fused-ring (bicyclic) bond motifs is 1.